The Labute approximate surface area is 120 Å². The number of amides is 1. The smallest absolute Gasteiger partial charge is 0.267 e. The van der Waals surface area contributed by atoms with Gasteiger partial charge in [0.25, 0.3) is 5.91 Å². The summed E-state index contributed by atoms with van der Waals surface area (Å²) in [5.41, 5.74) is 6.59. The summed E-state index contributed by atoms with van der Waals surface area (Å²) in [6.07, 6.45) is 0. The predicted octanol–water partition coefficient (Wildman–Crippen LogP) is 2.96. The second-order valence-corrected chi connectivity index (χ2v) is 4.93. The number of nitrogens with one attached hydrogen (secondary N) is 1. The van der Waals surface area contributed by atoms with Gasteiger partial charge in [-0.15, -0.1) is 11.3 Å². The molecule has 0 atom stereocenters. The van der Waals surface area contributed by atoms with Gasteiger partial charge in [0.1, 0.15) is 4.88 Å². The summed E-state index contributed by atoms with van der Waals surface area (Å²) in [6.45, 7) is 0.265. The average molecular weight is 291 g/mol. The van der Waals surface area contributed by atoms with E-state index in [-0.39, 0.29) is 12.5 Å². The highest BCUT2D eigenvalue weighted by molar-refractivity contribution is 7.12. The molecular weight excluding hydrogens is 280 g/mol. The molecule has 0 saturated heterocycles. The number of carbonyl (C=O) groups is 1. The van der Waals surface area contributed by atoms with Gasteiger partial charge in [0.2, 0.25) is 0 Å². The largest absolute Gasteiger partial charge is 0.320 e. The maximum atomic E-state index is 12.2. The van der Waals surface area contributed by atoms with E-state index < -0.39 is 0 Å². The maximum Gasteiger partial charge on any atom is 0.267 e. The molecule has 0 aliphatic heterocycles. The highest BCUT2D eigenvalue weighted by Gasteiger charge is 2.13. The van der Waals surface area contributed by atoms with Gasteiger partial charge in [0.05, 0.1) is 17.3 Å². The normalized spacial score (nSPS) is 9.58. The molecule has 1 amide bonds. The van der Waals surface area contributed by atoms with Gasteiger partial charge in [0, 0.05) is 5.56 Å². The van der Waals surface area contributed by atoms with E-state index in [1.165, 1.54) is 11.3 Å². The van der Waals surface area contributed by atoms with Crippen LogP contribution in [0.4, 0.5) is 5.69 Å². The minimum Gasteiger partial charge on any atom is -0.320 e. The number of thiophene rings is 1. The fraction of sp³-hybridized carbons (Fsp3) is 0.0714. The van der Waals surface area contributed by atoms with E-state index >= 15 is 0 Å². The lowest BCUT2D eigenvalue weighted by Crippen LogP contribution is -2.11. The van der Waals surface area contributed by atoms with Gasteiger partial charge in [0.15, 0.2) is 0 Å². The highest BCUT2D eigenvalue weighted by atomic mass is 35.5. The van der Waals surface area contributed by atoms with Crippen LogP contribution in [0.25, 0.3) is 0 Å². The zero-order valence-electron chi connectivity index (χ0n) is 9.94. The second-order valence-electron chi connectivity index (χ2n) is 3.60. The number of rotatable bonds is 2. The van der Waals surface area contributed by atoms with Crippen LogP contribution < -0.4 is 11.1 Å². The molecule has 96 valence electrons. The van der Waals surface area contributed by atoms with E-state index in [2.05, 4.69) is 17.2 Å². The monoisotopic (exact) mass is 290 g/mol. The number of hydrogen-bond acceptors (Lipinski definition) is 3. The third-order valence-electron chi connectivity index (χ3n) is 2.32. The molecule has 1 aromatic heterocycles. The Bertz CT molecular complexity index is 655. The lowest BCUT2D eigenvalue weighted by molar-refractivity contribution is 0.103. The number of halogens is 1. The standard InChI is InChI=1S/C14H11ClN2OS/c15-11-5-1-2-6-12(11)17-14(18)13-10(4-3-8-16)7-9-19-13/h1-2,5-7,9H,8,16H2,(H,17,18). The van der Waals surface area contributed by atoms with Crippen LogP contribution in [0.1, 0.15) is 15.2 Å². The zero-order chi connectivity index (χ0) is 13.7. The lowest BCUT2D eigenvalue weighted by atomic mass is 10.2. The van der Waals surface area contributed by atoms with Crippen LogP contribution >= 0.6 is 22.9 Å². The second kappa shape index (κ2) is 6.39. The molecule has 3 nitrogen and oxygen atoms in total. The van der Waals surface area contributed by atoms with Crippen molar-refractivity contribution < 1.29 is 4.79 Å². The summed E-state index contributed by atoms with van der Waals surface area (Å²) in [7, 11) is 0. The van der Waals surface area contributed by atoms with Crippen LogP contribution in [0.2, 0.25) is 5.02 Å². The Kier molecular flexibility index (Phi) is 4.58. The average Bonchev–Trinajstić information content (AvgIpc) is 2.87. The molecule has 1 aromatic carbocycles. The summed E-state index contributed by atoms with van der Waals surface area (Å²) in [5.74, 6) is 5.40. The van der Waals surface area contributed by atoms with Crippen LogP contribution in [0.15, 0.2) is 35.7 Å². The van der Waals surface area contributed by atoms with Gasteiger partial charge in [-0.3, -0.25) is 4.79 Å². The number of carbonyl (C=O) groups excluding carboxylic acids is 1. The molecule has 0 radical (unpaired) electrons. The molecule has 0 saturated carbocycles. The molecule has 0 fully saturated rings. The fourth-order valence-corrected chi connectivity index (χ4v) is 2.40. The van der Waals surface area contributed by atoms with E-state index in [0.29, 0.717) is 21.2 Å². The number of para-hydroxylation sites is 1. The fourth-order valence-electron chi connectivity index (χ4n) is 1.47. The molecule has 2 aromatic rings. The molecule has 5 heteroatoms. The first-order chi connectivity index (χ1) is 9.22. The van der Waals surface area contributed by atoms with Crippen molar-refractivity contribution in [3.63, 3.8) is 0 Å². The van der Waals surface area contributed by atoms with Crippen LogP contribution in [0, 0.1) is 11.8 Å². The van der Waals surface area contributed by atoms with Gasteiger partial charge in [-0.25, -0.2) is 0 Å². The molecule has 3 N–H and O–H groups in total. The number of hydrogen-bond donors (Lipinski definition) is 2. The van der Waals surface area contributed by atoms with Gasteiger partial charge < -0.3 is 11.1 Å². The van der Waals surface area contributed by atoms with E-state index in [0.717, 1.165) is 0 Å². The Morgan fingerprint density at radius 2 is 2.16 bits per heavy atom. The van der Waals surface area contributed by atoms with E-state index in [1.807, 2.05) is 11.4 Å². The van der Waals surface area contributed by atoms with Crippen LogP contribution in [-0.4, -0.2) is 12.5 Å². The number of benzene rings is 1. The summed E-state index contributed by atoms with van der Waals surface area (Å²) in [6, 6.07) is 8.89. The summed E-state index contributed by atoms with van der Waals surface area (Å²) >= 11 is 7.33. The molecule has 0 aliphatic carbocycles. The maximum absolute atomic E-state index is 12.2. The molecular formula is C14H11ClN2OS. The van der Waals surface area contributed by atoms with Gasteiger partial charge in [-0.2, -0.15) is 0 Å². The minimum absolute atomic E-state index is 0.218. The van der Waals surface area contributed by atoms with Crippen molar-refractivity contribution >= 4 is 34.5 Å². The first-order valence-electron chi connectivity index (χ1n) is 5.54. The summed E-state index contributed by atoms with van der Waals surface area (Å²) in [4.78, 5) is 12.7. The SMILES string of the molecule is NCC#Cc1ccsc1C(=O)Nc1ccccc1Cl. The van der Waals surface area contributed by atoms with Crippen molar-refractivity contribution in [3.05, 3.63) is 51.2 Å². The number of anilines is 1. The Balaban J connectivity index is 2.22. The highest BCUT2D eigenvalue weighted by Crippen LogP contribution is 2.23. The molecule has 19 heavy (non-hydrogen) atoms. The zero-order valence-corrected chi connectivity index (χ0v) is 11.5. The molecule has 0 bridgehead atoms. The topological polar surface area (TPSA) is 55.1 Å². The third kappa shape index (κ3) is 3.36. The van der Waals surface area contributed by atoms with E-state index in [1.54, 1.807) is 24.3 Å². The first kappa shape index (κ1) is 13.6. The van der Waals surface area contributed by atoms with Gasteiger partial charge in [-0.05, 0) is 23.6 Å². The first-order valence-corrected chi connectivity index (χ1v) is 6.80. The van der Waals surface area contributed by atoms with Crippen LogP contribution in [0.5, 0.6) is 0 Å². The number of nitrogens with two attached hydrogens (primary N) is 1. The van der Waals surface area contributed by atoms with E-state index in [9.17, 15) is 4.79 Å². The quantitative estimate of drug-likeness (QED) is 0.836. The van der Waals surface area contributed by atoms with Crippen molar-refractivity contribution in [1.82, 2.24) is 0 Å². The van der Waals surface area contributed by atoms with Crippen molar-refractivity contribution in [2.75, 3.05) is 11.9 Å². The van der Waals surface area contributed by atoms with Crippen LogP contribution in [-0.2, 0) is 0 Å². The van der Waals surface area contributed by atoms with Crippen molar-refractivity contribution in [1.29, 1.82) is 0 Å². The Morgan fingerprint density at radius 3 is 2.89 bits per heavy atom. The van der Waals surface area contributed by atoms with Crippen molar-refractivity contribution in [2.24, 2.45) is 5.73 Å². The molecule has 1 heterocycles. The predicted molar refractivity (Wildman–Crippen MR) is 79.7 cm³/mol. The van der Waals surface area contributed by atoms with Crippen molar-refractivity contribution in [2.45, 2.75) is 0 Å². The van der Waals surface area contributed by atoms with E-state index in [4.69, 9.17) is 17.3 Å². The lowest BCUT2D eigenvalue weighted by Gasteiger charge is -2.05. The molecule has 0 aliphatic rings. The van der Waals surface area contributed by atoms with Gasteiger partial charge >= 0.3 is 0 Å². The Morgan fingerprint density at radius 1 is 1.37 bits per heavy atom. The molecule has 0 spiro atoms. The van der Waals surface area contributed by atoms with Crippen LogP contribution in [0.3, 0.4) is 0 Å². The molecule has 2 rings (SSSR count). The summed E-state index contributed by atoms with van der Waals surface area (Å²) in [5, 5.41) is 5.09. The third-order valence-corrected chi connectivity index (χ3v) is 3.56. The van der Waals surface area contributed by atoms with Gasteiger partial charge in [-0.1, -0.05) is 35.6 Å². The van der Waals surface area contributed by atoms with Crippen molar-refractivity contribution in [3.8, 4) is 11.8 Å². The minimum atomic E-state index is -0.218. The Hall–Kier alpha value is -1.80. The molecule has 0 unspecified atom stereocenters. The summed E-state index contributed by atoms with van der Waals surface area (Å²) < 4.78 is 0.